The molecule has 0 aliphatic carbocycles. The third kappa shape index (κ3) is 14.6. The fourth-order valence-corrected chi connectivity index (χ4v) is 6.61. The van der Waals surface area contributed by atoms with Crippen molar-refractivity contribution in [3.63, 3.8) is 0 Å². The summed E-state index contributed by atoms with van der Waals surface area (Å²) >= 11 is 0. The van der Waals surface area contributed by atoms with E-state index in [1.807, 2.05) is 46.7 Å². The number of amides is 2. The lowest BCUT2D eigenvalue weighted by atomic mass is 9.99. The van der Waals surface area contributed by atoms with Gasteiger partial charge in [0.2, 0.25) is 5.91 Å². The van der Waals surface area contributed by atoms with E-state index in [1.54, 1.807) is 28.9 Å². The maximum absolute atomic E-state index is 13.0. The predicted octanol–water partition coefficient (Wildman–Crippen LogP) is 1.26. The molecule has 1 aromatic heterocycles. The molecule has 2 amide bonds. The third-order valence-corrected chi connectivity index (χ3v) is 9.68. The van der Waals surface area contributed by atoms with Gasteiger partial charge in [0.15, 0.2) is 5.69 Å². The number of nitrogens with zero attached hydrogens (tertiary/aromatic N) is 5. The van der Waals surface area contributed by atoms with Gasteiger partial charge in [-0.1, -0.05) is 19.9 Å². The quantitative estimate of drug-likeness (QED) is 0.0632. The fraction of sp³-hybridized carbons (Fsp3) is 0.512. The van der Waals surface area contributed by atoms with Crippen LogP contribution >= 0.6 is 0 Å². The Kier molecular flexibility index (Phi) is 19.2. The summed E-state index contributed by atoms with van der Waals surface area (Å²) in [7, 11) is 3.07. The average Bonchev–Trinajstić information content (AvgIpc) is 3.69. The molecule has 0 spiro atoms. The van der Waals surface area contributed by atoms with E-state index < -0.39 is 24.4 Å². The first-order chi connectivity index (χ1) is 28.9. The molecule has 328 valence electrons. The highest BCUT2D eigenvalue weighted by Crippen LogP contribution is 2.40. The van der Waals surface area contributed by atoms with Crippen molar-refractivity contribution >= 4 is 35.7 Å². The molecule has 19 heteroatoms. The molecular formula is C41H58N8O11. The maximum Gasteiger partial charge on any atom is 0.322 e. The summed E-state index contributed by atoms with van der Waals surface area (Å²) in [5.41, 5.74) is 3.60. The molecule has 0 saturated carbocycles. The highest BCUT2D eigenvalue weighted by Gasteiger charge is 2.25. The van der Waals surface area contributed by atoms with Crippen LogP contribution in [0.4, 0.5) is 5.69 Å². The summed E-state index contributed by atoms with van der Waals surface area (Å²) in [4.78, 5) is 64.9. The number of nitrogens with one attached hydrogen (secondary N) is 3. The highest BCUT2D eigenvalue weighted by atomic mass is 16.5. The lowest BCUT2D eigenvalue weighted by Gasteiger charge is -2.24. The number of anilines is 1. The number of hydrogen-bond acceptors (Lipinski definition) is 14. The zero-order valence-corrected chi connectivity index (χ0v) is 34.8. The van der Waals surface area contributed by atoms with Crippen molar-refractivity contribution in [2.24, 2.45) is 0 Å². The van der Waals surface area contributed by atoms with Gasteiger partial charge in [0.1, 0.15) is 24.3 Å². The van der Waals surface area contributed by atoms with Gasteiger partial charge in [0.25, 0.3) is 5.91 Å². The molecule has 1 aliphatic rings. The van der Waals surface area contributed by atoms with E-state index in [1.165, 1.54) is 14.2 Å². The van der Waals surface area contributed by atoms with Gasteiger partial charge in [-0.25, -0.2) is 4.68 Å². The largest absolute Gasteiger partial charge is 0.496 e. The van der Waals surface area contributed by atoms with Crippen LogP contribution in [0, 0.1) is 0 Å². The molecule has 2 heterocycles. The summed E-state index contributed by atoms with van der Waals surface area (Å²) in [5.74, 6) is -1.85. The molecule has 1 saturated heterocycles. The Morgan fingerprint density at radius 2 is 1.40 bits per heavy atom. The number of aromatic nitrogens is 2. The first-order valence-electron chi connectivity index (χ1n) is 19.9. The minimum atomic E-state index is -1.18. The van der Waals surface area contributed by atoms with Crippen molar-refractivity contribution in [1.82, 2.24) is 35.1 Å². The summed E-state index contributed by atoms with van der Waals surface area (Å²) < 4.78 is 24.4. The van der Waals surface area contributed by atoms with E-state index in [9.17, 15) is 29.1 Å². The van der Waals surface area contributed by atoms with Crippen LogP contribution in [0.5, 0.6) is 11.5 Å². The molecule has 0 radical (unpaired) electrons. The van der Waals surface area contributed by atoms with E-state index in [2.05, 4.69) is 21.0 Å². The Bertz CT molecular complexity index is 1870. The molecule has 0 bridgehead atoms. The molecule has 1 aliphatic heterocycles. The molecule has 5 N–H and O–H groups in total. The van der Waals surface area contributed by atoms with Crippen LogP contribution in [-0.2, 0) is 28.7 Å². The van der Waals surface area contributed by atoms with Crippen molar-refractivity contribution in [3.8, 4) is 28.4 Å². The molecule has 1 fully saturated rings. The number of carbonyl (C=O) groups is 5. The second kappa shape index (κ2) is 24.5. The summed E-state index contributed by atoms with van der Waals surface area (Å²) in [5, 5.41) is 31.6. The summed E-state index contributed by atoms with van der Waals surface area (Å²) in [6.45, 7) is 9.50. The van der Waals surface area contributed by atoms with Gasteiger partial charge in [0, 0.05) is 58.0 Å². The van der Waals surface area contributed by atoms with Gasteiger partial charge in [-0.3, -0.25) is 33.9 Å². The second-order valence-corrected chi connectivity index (χ2v) is 14.3. The number of carboxylic acids is 2. The molecule has 2 aromatic carbocycles. The number of ether oxygens (including phenoxy) is 4. The second-order valence-electron chi connectivity index (χ2n) is 14.3. The summed E-state index contributed by atoms with van der Waals surface area (Å²) in [6.07, 6.45) is 0.834. The topological polar surface area (TPSA) is 226 Å². The van der Waals surface area contributed by atoms with Crippen LogP contribution in [-0.4, -0.2) is 184 Å². The molecule has 3 aromatic rings. The van der Waals surface area contributed by atoms with Gasteiger partial charge < -0.3 is 49.9 Å². The Labute approximate surface area is 349 Å². The van der Waals surface area contributed by atoms with Gasteiger partial charge in [-0.05, 0) is 47.9 Å². The van der Waals surface area contributed by atoms with Crippen LogP contribution in [0.15, 0.2) is 42.5 Å². The molecule has 0 atom stereocenters. The minimum Gasteiger partial charge on any atom is -0.496 e. The zero-order valence-electron chi connectivity index (χ0n) is 34.8. The van der Waals surface area contributed by atoms with Crippen LogP contribution < -0.4 is 25.4 Å². The van der Waals surface area contributed by atoms with Crippen LogP contribution in [0.25, 0.3) is 16.9 Å². The number of carbonyl (C=O) groups excluding carboxylic acids is 3. The van der Waals surface area contributed by atoms with Crippen molar-refractivity contribution < 1.29 is 53.1 Å². The van der Waals surface area contributed by atoms with Gasteiger partial charge in [0.05, 0.1) is 77.2 Å². The predicted molar refractivity (Wildman–Crippen MR) is 222 cm³/mol. The number of aliphatic carboxylic acids is 2. The Morgan fingerprint density at radius 3 is 1.98 bits per heavy atom. The van der Waals surface area contributed by atoms with E-state index in [0.29, 0.717) is 107 Å². The number of benzene rings is 2. The monoisotopic (exact) mass is 838 g/mol. The van der Waals surface area contributed by atoms with Crippen LogP contribution in [0.1, 0.15) is 35.8 Å². The highest BCUT2D eigenvalue weighted by molar-refractivity contribution is 5.95. The Hall–Kier alpha value is -5.60. The van der Waals surface area contributed by atoms with Crippen molar-refractivity contribution in [1.29, 1.82) is 0 Å². The molecular weight excluding hydrogens is 780 g/mol. The Balaban J connectivity index is 1.26. The lowest BCUT2D eigenvalue weighted by molar-refractivity contribution is -0.138. The Morgan fingerprint density at radius 1 is 0.783 bits per heavy atom. The van der Waals surface area contributed by atoms with E-state index in [0.717, 1.165) is 17.5 Å². The number of methoxy groups -OCH3 is 2. The van der Waals surface area contributed by atoms with Crippen molar-refractivity contribution in [3.05, 3.63) is 53.7 Å². The van der Waals surface area contributed by atoms with Crippen LogP contribution in [0.2, 0.25) is 0 Å². The molecule has 19 nitrogen and oxygen atoms in total. The zero-order chi connectivity index (χ0) is 43.4. The van der Waals surface area contributed by atoms with E-state index in [-0.39, 0.29) is 37.2 Å². The normalized spacial score (nSPS) is 14.2. The third-order valence-electron chi connectivity index (χ3n) is 9.68. The van der Waals surface area contributed by atoms with E-state index >= 15 is 0 Å². The van der Waals surface area contributed by atoms with Gasteiger partial charge >= 0.3 is 11.9 Å². The van der Waals surface area contributed by atoms with Crippen molar-refractivity contribution in [2.45, 2.75) is 19.8 Å². The first kappa shape index (κ1) is 47.1. The van der Waals surface area contributed by atoms with Gasteiger partial charge in [-0.2, -0.15) is 5.10 Å². The SMILES string of the molecule is COc1cccc(OC)c1-c1cc(C(=O)NCC(=O)O)nn1-c1ccc(NCCOCCOCCNC(=O)CN2CCN(CC=O)CCN(CC(=O)O)CC2)cc1C(C)C. The van der Waals surface area contributed by atoms with Gasteiger partial charge in [-0.15, -0.1) is 0 Å². The number of rotatable bonds is 24. The molecule has 0 unspecified atom stereocenters. The first-order valence-corrected chi connectivity index (χ1v) is 19.9. The number of carboxylic acid groups (broad SMARTS) is 2. The van der Waals surface area contributed by atoms with Crippen molar-refractivity contribution in [2.75, 3.05) is 125 Å². The number of aldehydes is 1. The molecule has 4 rings (SSSR count). The standard InChI is InChI=1S/C41H58N8O11/c1-29(2)31-24-30(8-9-33(31)49-34(25-32(45-49)41(56)44-26-38(52)53)40-35(57-3)6-5-7-36(40)58-4)42-10-20-59-22-23-60-21-11-43-37(51)27-47-14-12-46(18-19-50)13-15-48(17-16-47)28-39(54)55/h5-9,19,24-25,29,42H,10-18,20-23,26-28H2,1-4H3,(H,43,51)(H,44,56)(H,52,53)(H,54,55). The maximum atomic E-state index is 13.0. The smallest absolute Gasteiger partial charge is 0.322 e. The lowest BCUT2D eigenvalue weighted by Crippen LogP contribution is -2.43. The minimum absolute atomic E-state index is 0.0230. The van der Waals surface area contributed by atoms with E-state index in [4.69, 9.17) is 24.1 Å². The fourth-order valence-electron chi connectivity index (χ4n) is 6.61. The van der Waals surface area contributed by atoms with Crippen LogP contribution in [0.3, 0.4) is 0 Å². The summed E-state index contributed by atoms with van der Waals surface area (Å²) in [6, 6.07) is 12.7. The molecule has 60 heavy (non-hydrogen) atoms. The number of hydrogen-bond donors (Lipinski definition) is 5. The average molecular weight is 839 g/mol.